The minimum Gasteiger partial charge on any atom is -0.480 e. The highest BCUT2D eigenvalue weighted by Gasteiger charge is 2.30. The van der Waals surface area contributed by atoms with Gasteiger partial charge >= 0.3 is 5.97 Å². The standard InChI is InChI=1S/C21H30N4O5/c1-11(2)8-16(24-20(28)18(22)12(3)26)19(27)25-17(21(29)30)9-13-10-23-15-7-5-4-6-14(13)15/h4-7,10-12,16-18,23,26H,8-9,22H2,1-3H3,(H,24,28)(H,25,27)(H,29,30)/t12-,16+,17+,18+/m1/s1. The third kappa shape index (κ3) is 6.04. The van der Waals surface area contributed by atoms with Gasteiger partial charge < -0.3 is 31.6 Å². The summed E-state index contributed by atoms with van der Waals surface area (Å²) in [7, 11) is 0. The third-order valence-corrected chi connectivity index (χ3v) is 4.88. The maximum atomic E-state index is 12.8. The number of fused-ring (bicyclic) bond motifs is 1. The van der Waals surface area contributed by atoms with Crippen molar-refractivity contribution in [3.05, 3.63) is 36.0 Å². The predicted molar refractivity (Wildman–Crippen MR) is 113 cm³/mol. The zero-order chi connectivity index (χ0) is 22.4. The zero-order valence-electron chi connectivity index (χ0n) is 17.4. The number of aliphatic hydroxyl groups is 1. The van der Waals surface area contributed by atoms with E-state index in [1.54, 1.807) is 6.20 Å². The van der Waals surface area contributed by atoms with Crippen LogP contribution in [0.3, 0.4) is 0 Å². The summed E-state index contributed by atoms with van der Waals surface area (Å²) in [4.78, 5) is 39.9. The summed E-state index contributed by atoms with van der Waals surface area (Å²) in [5.41, 5.74) is 7.28. The summed E-state index contributed by atoms with van der Waals surface area (Å²) in [6.07, 6.45) is 1.02. The topological polar surface area (TPSA) is 158 Å². The average molecular weight is 418 g/mol. The smallest absolute Gasteiger partial charge is 0.326 e. The van der Waals surface area contributed by atoms with Gasteiger partial charge in [-0.05, 0) is 30.9 Å². The lowest BCUT2D eigenvalue weighted by atomic mass is 10.0. The van der Waals surface area contributed by atoms with Crippen molar-refractivity contribution in [2.75, 3.05) is 0 Å². The first-order chi connectivity index (χ1) is 14.1. The molecule has 0 spiro atoms. The number of hydrogen-bond acceptors (Lipinski definition) is 5. The van der Waals surface area contributed by atoms with Crippen molar-refractivity contribution in [3.8, 4) is 0 Å². The van der Waals surface area contributed by atoms with Gasteiger partial charge in [0.2, 0.25) is 11.8 Å². The quantitative estimate of drug-likeness (QED) is 0.330. The van der Waals surface area contributed by atoms with Crippen LogP contribution >= 0.6 is 0 Å². The van der Waals surface area contributed by atoms with Crippen molar-refractivity contribution in [2.45, 2.75) is 57.8 Å². The number of amides is 2. The number of nitrogens with two attached hydrogens (primary N) is 1. The van der Waals surface area contributed by atoms with Crippen LogP contribution in [0.15, 0.2) is 30.5 Å². The number of carboxylic acid groups (broad SMARTS) is 1. The molecule has 0 aliphatic rings. The fourth-order valence-corrected chi connectivity index (χ4v) is 3.18. The molecule has 1 aromatic carbocycles. The van der Waals surface area contributed by atoms with Crippen molar-refractivity contribution >= 4 is 28.7 Å². The van der Waals surface area contributed by atoms with E-state index in [9.17, 15) is 24.6 Å². The minimum absolute atomic E-state index is 0.0562. The second kappa shape index (κ2) is 10.2. The Hall–Kier alpha value is -2.91. The lowest BCUT2D eigenvalue weighted by Crippen LogP contribution is -2.56. The molecule has 0 aliphatic heterocycles. The number of benzene rings is 1. The number of rotatable bonds is 10. The normalized spacial score (nSPS) is 15.4. The number of H-pyrrole nitrogens is 1. The van der Waals surface area contributed by atoms with Crippen molar-refractivity contribution in [1.29, 1.82) is 0 Å². The molecule has 0 radical (unpaired) electrons. The molecule has 0 unspecified atom stereocenters. The molecule has 0 aliphatic carbocycles. The first kappa shape index (κ1) is 23.4. The molecule has 1 aromatic heterocycles. The molecule has 7 N–H and O–H groups in total. The van der Waals surface area contributed by atoms with Gasteiger partial charge in [-0.25, -0.2) is 4.79 Å². The Morgan fingerprint density at radius 1 is 1.07 bits per heavy atom. The van der Waals surface area contributed by atoms with E-state index in [-0.39, 0.29) is 12.3 Å². The monoisotopic (exact) mass is 418 g/mol. The van der Waals surface area contributed by atoms with Crippen LogP contribution in [-0.4, -0.2) is 57.2 Å². The van der Waals surface area contributed by atoms with E-state index >= 15 is 0 Å². The number of nitrogens with one attached hydrogen (secondary N) is 3. The Kier molecular flexibility index (Phi) is 7.96. The van der Waals surface area contributed by atoms with E-state index in [1.165, 1.54) is 6.92 Å². The number of aliphatic carboxylic acids is 1. The van der Waals surface area contributed by atoms with Crippen LogP contribution in [0.5, 0.6) is 0 Å². The third-order valence-electron chi connectivity index (χ3n) is 4.88. The SMILES string of the molecule is CC(C)C[C@H](NC(=O)[C@@H](N)[C@@H](C)O)C(=O)N[C@@H](Cc1c[nH]c2ccccc12)C(=O)O. The van der Waals surface area contributed by atoms with E-state index in [4.69, 9.17) is 5.73 Å². The van der Waals surface area contributed by atoms with Crippen LogP contribution in [-0.2, 0) is 20.8 Å². The van der Waals surface area contributed by atoms with Gasteiger partial charge in [0.1, 0.15) is 18.1 Å². The average Bonchev–Trinajstić information content (AvgIpc) is 3.08. The Morgan fingerprint density at radius 2 is 1.70 bits per heavy atom. The van der Waals surface area contributed by atoms with E-state index in [0.29, 0.717) is 6.42 Å². The lowest BCUT2D eigenvalue weighted by Gasteiger charge is -2.24. The molecular formula is C21H30N4O5. The summed E-state index contributed by atoms with van der Waals surface area (Å²) in [6.45, 7) is 5.13. The molecule has 2 rings (SSSR count). The maximum absolute atomic E-state index is 12.8. The molecule has 164 valence electrons. The van der Waals surface area contributed by atoms with Gasteiger partial charge in [-0.3, -0.25) is 9.59 Å². The molecule has 0 fully saturated rings. The van der Waals surface area contributed by atoms with Gasteiger partial charge in [0.25, 0.3) is 0 Å². The molecule has 0 saturated carbocycles. The van der Waals surface area contributed by atoms with Crippen LogP contribution in [0, 0.1) is 5.92 Å². The largest absolute Gasteiger partial charge is 0.480 e. The summed E-state index contributed by atoms with van der Waals surface area (Å²) in [5, 5.41) is 25.1. The lowest BCUT2D eigenvalue weighted by molar-refractivity contribution is -0.142. The molecule has 4 atom stereocenters. The molecule has 9 heteroatoms. The van der Waals surface area contributed by atoms with Gasteiger partial charge in [-0.2, -0.15) is 0 Å². The van der Waals surface area contributed by atoms with Crippen LogP contribution in [0.4, 0.5) is 0 Å². The second-order valence-electron chi connectivity index (χ2n) is 7.92. The molecule has 30 heavy (non-hydrogen) atoms. The number of carbonyl (C=O) groups is 3. The summed E-state index contributed by atoms with van der Waals surface area (Å²) in [5.74, 6) is -2.40. The van der Waals surface area contributed by atoms with Gasteiger partial charge in [-0.15, -0.1) is 0 Å². The highest BCUT2D eigenvalue weighted by molar-refractivity contribution is 5.92. The molecule has 2 amide bonds. The van der Waals surface area contributed by atoms with E-state index < -0.39 is 42.0 Å². The zero-order valence-corrected chi connectivity index (χ0v) is 17.4. The van der Waals surface area contributed by atoms with Crippen molar-refractivity contribution < 1.29 is 24.6 Å². The summed E-state index contributed by atoms with van der Waals surface area (Å²) < 4.78 is 0. The fraction of sp³-hybridized carbons (Fsp3) is 0.476. The van der Waals surface area contributed by atoms with Crippen molar-refractivity contribution in [3.63, 3.8) is 0 Å². The summed E-state index contributed by atoms with van der Waals surface area (Å²) in [6, 6.07) is 4.16. The second-order valence-corrected chi connectivity index (χ2v) is 7.92. The molecule has 0 bridgehead atoms. The number of para-hydroxylation sites is 1. The number of aromatic amines is 1. The first-order valence-corrected chi connectivity index (χ1v) is 9.92. The predicted octanol–water partition coefficient (Wildman–Crippen LogP) is 0.519. The molecular weight excluding hydrogens is 388 g/mol. The number of carbonyl (C=O) groups excluding carboxylic acids is 2. The van der Waals surface area contributed by atoms with Crippen LogP contribution in [0.2, 0.25) is 0 Å². The Balaban J connectivity index is 2.15. The van der Waals surface area contributed by atoms with E-state index in [1.807, 2.05) is 38.1 Å². The van der Waals surface area contributed by atoms with E-state index in [0.717, 1.165) is 16.5 Å². The van der Waals surface area contributed by atoms with Crippen LogP contribution in [0.25, 0.3) is 10.9 Å². The maximum Gasteiger partial charge on any atom is 0.326 e. The fourth-order valence-electron chi connectivity index (χ4n) is 3.18. The van der Waals surface area contributed by atoms with E-state index in [2.05, 4.69) is 15.6 Å². The number of aromatic nitrogens is 1. The van der Waals surface area contributed by atoms with Crippen molar-refractivity contribution in [2.24, 2.45) is 11.7 Å². The van der Waals surface area contributed by atoms with Gasteiger partial charge in [-0.1, -0.05) is 32.0 Å². The Labute approximate surface area is 175 Å². The van der Waals surface area contributed by atoms with Crippen molar-refractivity contribution in [1.82, 2.24) is 15.6 Å². The van der Waals surface area contributed by atoms with Gasteiger partial charge in [0.05, 0.1) is 6.10 Å². The number of hydrogen-bond donors (Lipinski definition) is 6. The highest BCUT2D eigenvalue weighted by atomic mass is 16.4. The molecule has 0 saturated heterocycles. The summed E-state index contributed by atoms with van der Waals surface area (Å²) >= 11 is 0. The Morgan fingerprint density at radius 3 is 2.30 bits per heavy atom. The highest BCUT2D eigenvalue weighted by Crippen LogP contribution is 2.19. The van der Waals surface area contributed by atoms with Crippen LogP contribution in [0.1, 0.15) is 32.8 Å². The van der Waals surface area contributed by atoms with Gasteiger partial charge in [0, 0.05) is 23.5 Å². The number of aliphatic hydroxyl groups excluding tert-OH is 1. The number of carboxylic acids is 1. The molecule has 1 heterocycles. The Bertz CT molecular complexity index is 892. The first-order valence-electron chi connectivity index (χ1n) is 9.92. The van der Waals surface area contributed by atoms with Crippen LogP contribution < -0.4 is 16.4 Å². The molecule has 2 aromatic rings. The minimum atomic E-state index is -1.19. The van der Waals surface area contributed by atoms with Gasteiger partial charge in [0.15, 0.2) is 0 Å². The molecule has 9 nitrogen and oxygen atoms in total.